The summed E-state index contributed by atoms with van der Waals surface area (Å²) in [5.41, 5.74) is 5.49. The summed E-state index contributed by atoms with van der Waals surface area (Å²) < 4.78 is 1.90. The van der Waals surface area contributed by atoms with E-state index >= 15 is 0 Å². The molecule has 140 valence electrons. The molecular formula is C25H18N2OSe. The molecular weight excluding hydrogens is 423 g/mol. The molecule has 5 rings (SSSR count). The van der Waals surface area contributed by atoms with Crippen LogP contribution in [0.15, 0.2) is 78.9 Å². The number of hydrogen-bond donors (Lipinski definition) is 0. The topological polar surface area (TPSA) is 45.8 Å². The average Bonchev–Trinajstić information content (AvgIpc) is 3.12. The molecule has 0 bridgehead atoms. The molecule has 3 nitrogen and oxygen atoms in total. The van der Waals surface area contributed by atoms with Crippen molar-refractivity contribution in [1.82, 2.24) is 4.57 Å². The van der Waals surface area contributed by atoms with Crippen LogP contribution >= 0.6 is 0 Å². The third kappa shape index (κ3) is 2.52. The zero-order valence-corrected chi connectivity index (χ0v) is 17.6. The first-order valence-corrected chi connectivity index (χ1v) is 11.6. The van der Waals surface area contributed by atoms with Gasteiger partial charge in [0.25, 0.3) is 0 Å². The second-order valence-corrected chi connectivity index (χ2v) is 9.10. The van der Waals surface area contributed by atoms with Crippen LogP contribution in [0.4, 0.5) is 0 Å². The van der Waals surface area contributed by atoms with Crippen LogP contribution in [0.1, 0.15) is 17.3 Å². The Bertz CT molecular complexity index is 1300. The van der Waals surface area contributed by atoms with Crippen LogP contribution in [0.3, 0.4) is 0 Å². The van der Waals surface area contributed by atoms with Crippen molar-refractivity contribution in [3.05, 3.63) is 84.4 Å². The van der Waals surface area contributed by atoms with Crippen LogP contribution in [-0.2, 0) is 5.41 Å². The van der Waals surface area contributed by atoms with Gasteiger partial charge in [-0.3, -0.25) is 0 Å². The van der Waals surface area contributed by atoms with Gasteiger partial charge in [0.2, 0.25) is 0 Å². The molecule has 0 N–H and O–H groups in total. The number of rotatable bonds is 3. The van der Waals surface area contributed by atoms with Crippen LogP contribution < -0.4 is 0 Å². The zero-order valence-electron chi connectivity index (χ0n) is 15.9. The van der Waals surface area contributed by atoms with E-state index in [1.54, 1.807) is 0 Å². The molecule has 2 heterocycles. The molecule has 0 amide bonds. The predicted octanol–water partition coefficient (Wildman–Crippen LogP) is 5.49. The quantitative estimate of drug-likeness (QED) is 0.395. The number of benzene rings is 3. The van der Waals surface area contributed by atoms with Gasteiger partial charge in [-0.15, -0.1) is 0 Å². The van der Waals surface area contributed by atoms with Crippen LogP contribution in [-0.4, -0.2) is 25.4 Å². The molecule has 1 aliphatic heterocycles. The summed E-state index contributed by atoms with van der Waals surface area (Å²) in [5.74, 6) is 0.0571. The summed E-state index contributed by atoms with van der Waals surface area (Å²) in [5, 5.41) is 10.9. The third-order valence-electron chi connectivity index (χ3n) is 5.81. The molecule has 0 radical (unpaired) electrons. The van der Waals surface area contributed by atoms with E-state index in [4.69, 9.17) is 0 Å². The van der Waals surface area contributed by atoms with Crippen molar-refractivity contribution in [2.24, 2.45) is 0 Å². The predicted molar refractivity (Wildman–Crippen MR) is 117 cm³/mol. The van der Waals surface area contributed by atoms with E-state index in [9.17, 15) is 10.1 Å². The Morgan fingerprint density at radius 3 is 2.45 bits per heavy atom. The molecule has 0 fully saturated rings. The first-order valence-electron chi connectivity index (χ1n) is 9.51. The van der Waals surface area contributed by atoms with Crippen LogP contribution in [0.25, 0.3) is 33.3 Å². The number of nitrogens with zero attached hydrogens (tertiary/aromatic N) is 2. The molecule has 1 unspecified atom stereocenters. The van der Waals surface area contributed by atoms with Crippen molar-refractivity contribution in [3.63, 3.8) is 0 Å². The van der Waals surface area contributed by atoms with Gasteiger partial charge in [0.1, 0.15) is 0 Å². The van der Waals surface area contributed by atoms with E-state index in [0.717, 1.165) is 38.9 Å². The van der Waals surface area contributed by atoms with E-state index in [1.807, 2.05) is 60.0 Å². The standard InChI is InChI=1S/C25H18N2OSe/c1-25(15-29-16-26)20-13-7-5-11-18(20)23-22(17-9-3-2-4-10-17)19-12-6-8-14-21(19)27(23)24(25)28/h2-14H,15H2,1H3. The number of carbonyl (C=O) groups is 1. The Labute approximate surface area is 175 Å². The van der Waals surface area contributed by atoms with E-state index < -0.39 is 5.41 Å². The van der Waals surface area contributed by atoms with E-state index in [1.165, 1.54) is 0 Å². The summed E-state index contributed by atoms with van der Waals surface area (Å²) in [4.78, 5) is 16.2. The van der Waals surface area contributed by atoms with Gasteiger partial charge in [-0.25, -0.2) is 0 Å². The zero-order chi connectivity index (χ0) is 20.0. The Balaban J connectivity index is 1.93. The summed E-state index contributed by atoms with van der Waals surface area (Å²) in [6, 6.07) is 26.6. The van der Waals surface area contributed by atoms with Crippen LogP contribution in [0, 0.1) is 10.2 Å². The molecule has 3 aromatic carbocycles. The SMILES string of the molecule is CC1(C[Se]C#N)C(=O)n2c(c(-c3ccccc3)c3ccccc32)-c2ccccc21. The third-order valence-corrected chi connectivity index (χ3v) is 7.60. The fraction of sp³-hybridized carbons (Fsp3) is 0.120. The average molecular weight is 441 g/mol. The summed E-state index contributed by atoms with van der Waals surface area (Å²) >= 11 is -0.250. The maximum atomic E-state index is 13.9. The minimum atomic E-state index is -0.699. The first kappa shape index (κ1) is 17.9. The normalized spacial score (nSPS) is 17.6. The molecule has 4 aromatic rings. The van der Waals surface area contributed by atoms with Gasteiger partial charge in [0.05, 0.1) is 0 Å². The molecule has 1 aliphatic rings. The number of carbonyl (C=O) groups excluding carboxylic acids is 1. The fourth-order valence-electron chi connectivity index (χ4n) is 4.45. The Morgan fingerprint density at radius 1 is 0.966 bits per heavy atom. The van der Waals surface area contributed by atoms with Gasteiger partial charge in [0, 0.05) is 0 Å². The van der Waals surface area contributed by atoms with Gasteiger partial charge in [-0.05, 0) is 0 Å². The van der Waals surface area contributed by atoms with Gasteiger partial charge in [-0.1, -0.05) is 0 Å². The van der Waals surface area contributed by atoms with Crippen LogP contribution in [0.5, 0.6) is 0 Å². The van der Waals surface area contributed by atoms with Crippen molar-refractivity contribution in [1.29, 1.82) is 5.26 Å². The van der Waals surface area contributed by atoms with Gasteiger partial charge >= 0.3 is 176 Å². The van der Waals surface area contributed by atoms with Crippen molar-refractivity contribution >= 4 is 31.8 Å². The molecule has 0 saturated carbocycles. The van der Waals surface area contributed by atoms with Gasteiger partial charge in [-0.2, -0.15) is 0 Å². The Hall–Kier alpha value is -3.12. The van der Waals surface area contributed by atoms with E-state index in [-0.39, 0.29) is 20.9 Å². The van der Waals surface area contributed by atoms with Crippen molar-refractivity contribution in [2.75, 3.05) is 0 Å². The monoisotopic (exact) mass is 442 g/mol. The molecule has 29 heavy (non-hydrogen) atoms. The van der Waals surface area contributed by atoms with E-state index in [0.29, 0.717) is 5.32 Å². The van der Waals surface area contributed by atoms with Gasteiger partial charge in [0.15, 0.2) is 0 Å². The Morgan fingerprint density at radius 2 is 1.66 bits per heavy atom. The molecule has 1 atom stereocenters. The number of hydrogen-bond acceptors (Lipinski definition) is 2. The first-order chi connectivity index (χ1) is 14.2. The second-order valence-electron chi connectivity index (χ2n) is 7.50. The molecule has 0 aliphatic carbocycles. The maximum absolute atomic E-state index is 13.9. The summed E-state index contributed by atoms with van der Waals surface area (Å²) in [7, 11) is 0. The van der Waals surface area contributed by atoms with Crippen molar-refractivity contribution < 1.29 is 4.79 Å². The van der Waals surface area contributed by atoms with Gasteiger partial charge < -0.3 is 0 Å². The Kier molecular flexibility index (Phi) is 4.17. The van der Waals surface area contributed by atoms with Crippen molar-refractivity contribution in [3.8, 4) is 27.4 Å². The number of para-hydroxylation sites is 1. The minimum absolute atomic E-state index is 0.0571. The number of nitriles is 1. The summed E-state index contributed by atoms with van der Waals surface area (Å²) in [6.07, 6.45) is 0. The van der Waals surface area contributed by atoms with Crippen molar-refractivity contribution in [2.45, 2.75) is 17.7 Å². The number of fused-ring (bicyclic) bond motifs is 5. The second kappa shape index (κ2) is 6.74. The number of aromatic nitrogens is 1. The van der Waals surface area contributed by atoms with E-state index in [2.05, 4.69) is 35.3 Å². The molecule has 0 spiro atoms. The fourth-order valence-corrected chi connectivity index (χ4v) is 5.78. The van der Waals surface area contributed by atoms with Crippen LogP contribution in [0.2, 0.25) is 5.32 Å². The molecule has 0 saturated heterocycles. The summed E-state index contributed by atoms with van der Waals surface area (Å²) in [6.45, 7) is 1.99. The molecule has 1 aromatic heterocycles. The molecule has 4 heteroatoms.